The molecule has 1 aliphatic heterocycles. The molecule has 0 bridgehead atoms. The average Bonchev–Trinajstić information content (AvgIpc) is 3.26. The van der Waals surface area contributed by atoms with E-state index in [1.54, 1.807) is 36.4 Å². The number of anilines is 1. The van der Waals surface area contributed by atoms with Crippen LogP contribution in [-0.2, 0) is 0 Å². The Bertz CT molecular complexity index is 796. The number of carbonyl (C=O) groups is 2. The molecule has 0 atom stereocenters. The summed E-state index contributed by atoms with van der Waals surface area (Å²) in [6, 6.07) is 14.3. The highest BCUT2D eigenvalue weighted by Gasteiger charge is 2.19. The fraction of sp³-hybridized carbons (Fsp3) is 0.391. The molecule has 0 saturated carbocycles. The van der Waals surface area contributed by atoms with Gasteiger partial charge in [-0.3, -0.25) is 9.59 Å². The van der Waals surface area contributed by atoms with Crippen molar-refractivity contribution in [3.63, 3.8) is 0 Å². The van der Waals surface area contributed by atoms with E-state index in [1.807, 2.05) is 17.0 Å². The zero-order valence-corrected chi connectivity index (χ0v) is 16.4. The van der Waals surface area contributed by atoms with Gasteiger partial charge in [0, 0.05) is 29.9 Å². The summed E-state index contributed by atoms with van der Waals surface area (Å²) in [4.78, 5) is 26.9. The van der Waals surface area contributed by atoms with Gasteiger partial charge in [0.15, 0.2) is 0 Å². The van der Waals surface area contributed by atoms with Crippen LogP contribution in [-0.4, -0.2) is 36.4 Å². The van der Waals surface area contributed by atoms with Gasteiger partial charge in [-0.05, 0) is 61.7 Å². The summed E-state index contributed by atoms with van der Waals surface area (Å²) in [5, 5.41) is 2.87. The van der Waals surface area contributed by atoms with Gasteiger partial charge in [-0.25, -0.2) is 0 Å². The molecular weight excluding hydrogens is 352 g/mol. The van der Waals surface area contributed by atoms with Crippen molar-refractivity contribution in [2.45, 2.75) is 39.0 Å². The molecule has 5 heteroatoms. The van der Waals surface area contributed by atoms with Crippen LogP contribution in [0.5, 0.6) is 5.75 Å². The van der Waals surface area contributed by atoms with Crippen molar-refractivity contribution in [2.75, 3.05) is 25.0 Å². The van der Waals surface area contributed by atoms with Gasteiger partial charge in [0.2, 0.25) is 0 Å². The Hall–Kier alpha value is -2.82. The molecule has 1 fully saturated rings. The Morgan fingerprint density at radius 2 is 1.75 bits per heavy atom. The lowest BCUT2D eigenvalue weighted by molar-refractivity contribution is 0.0792. The summed E-state index contributed by atoms with van der Waals surface area (Å²) >= 11 is 0. The predicted octanol–water partition coefficient (Wildman–Crippen LogP) is 4.74. The number of ether oxygens (including phenoxy) is 1. The molecule has 5 nitrogen and oxygen atoms in total. The van der Waals surface area contributed by atoms with E-state index < -0.39 is 0 Å². The molecular formula is C23H28N2O3. The highest BCUT2D eigenvalue weighted by Crippen LogP contribution is 2.18. The zero-order valence-electron chi connectivity index (χ0n) is 16.4. The predicted molar refractivity (Wildman–Crippen MR) is 111 cm³/mol. The largest absolute Gasteiger partial charge is 0.494 e. The first-order valence-corrected chi connectivity index (χ1v) is 10.1. The third-order valence-corrected chi connectivity index (χ3v) is 4.89. The lowest BCUT2D eigenvalue weighted by atomic mass is 10.1. The molecule has 28 heavy (non-hydrogen) atoms. The summed E-state index contributed by atoms with van der Waals surface area (Å²) in [5.74, 6) is 0.590. The van der Waals surface area contributed by atoms with Crippen LogP contribution < -0.4 is 10.1 Å². The minimum atomic E-state index is -0.205. The second-order valence-electron chi connectivity index (χ2n) is 7.11. The number of nitrogens with one attached hydrogen (secondary N) is 1. The maximum absolute atomic E-state index is 12.5. The van der Waals surface area contributed by atoms with Crippen LogP contribution in [0.3, 0.4) is 0 Å². The summed E-state index contributed by atoms with van der Waals surface area (Å²) in [5.41, 5.74) is 1.78. The van der Waals surface area contributed by atoms with Crippen LogP contribution in [0.1, 0.15) is 59.7 Å². The molecule has 1 N–H and O–H groups in total. The number of unbranched alkanes of at least 4 members (excludes halogenated alkanes) is 2. The number of benzene rings is 2. The van der Waals surface area contributed by atoms with Crippen LogP contribution in [0.15, 0.2) is 48.5 Å². The number of hydrogen-bond acceptors (Lipinski definition) is 3. The fourth-order valence-electron chi connectivity index (χ4n) is 3.28. The van der Waals surface area contributed by atoms with Crippen LogP contribution in [0.25, 0.3) is 0 Å². The topological polar surface area (TPSA) is 58.6 Å². The van der Waals surface area contributed by atoms with Crippen molar-refractivity contribution >= 4 is 17.5 Å². The molecule has 1 heterocycles. The van der Waals surface area contributed by atoms with Crippen molar-refractivity contribution < 1.29 is 14.3 Å². The van der Waals surface area contributed by atoms with Crippen molar-refractivity contribution in [1.82, 2.24) is 4.90 Å². The van der Waals surface area contributed by atoms with E-state index in [0.717, 1.165) is 50.9 Å². The number of likely N-dealkylation sites (tertiary alicyclic amines) is 1. The Balaban J connectivity index is 1.58. The highest BCUT2D eigenvalue weighted by atomic mass is 16.5. The molecule has 0 spiro atoms. The molecule has 0 radical (unpaired) electrons. The van der Waals surface area contributed by atoms with Gasteiger partial charge in [-0.15, -0.1) is 0 Å². The van der Waals surface area contributed by atoms with Gasteiger partial charge in [-0.2, -0.15) is 0 Å². The Morgan fingerprint density at radius 1 is 1.00 bits per heavy atom. The van der Waals surface area contributed by atoms with E-state index in [1.165, 1.54) is 0 Å². The molecule has 148 valence electrons. The number of amides is 2. The molecule has 0 aliphatic carbocycles. The van der Waals surface area contributed by atoms with Gasteiger partial charge in [0.05, 0.1) is 6.61 Å². The Kier molecular flexibility index (Phi) is 7.06. The standard InChI is InChI=1S/C23H28N2O3/c1-2-3-6-16-28-21-12-10-18(11-13-21)22(26)24-20-9-7-8-19(17-20)23(27)25-14-4-5-15-25/h7-13,17H,2-6,14-16H2,1H3,(H,24,26). The second-order valence-corrected chi connectivity index (χ2v) is 7.11. The summed E-state index contributed by atoms with van der Waals surface area (Å²) < 4.78 is 5.68. The first-order chi connectivity index (χ1) is 13.7. The van der Waals surface area contributed by atoms with Crippen LogP contribution in [0.4, 0.5) is 5.69 Å². The minimum Gasteiger partial charge on any atom is -0.494 e. The van der Waals surface area contributed by atoms with Crippen LogP contribution >= 0.6 is 0 Å². The van der Waals surface area contributed by atoms with E-state index in [2.05, 4.69) is 12.2 Å². The molecule has 2 aromatic rings. The Labute approximate surface area is 166 Å². The average molecular weight is 380 g/mol. The molecule has 2 aromatic carbocycles. The third kappa shape index (κ3) is 5.35. The van der Waals surface area contributed by atoms with E-state index in [4.69, 9.17) is 4.74 Å². The lowest BCUT2D eigenvalue weighted by Gasteiger charge is -2.15. The quantitative estimate of drug-likeness (QED) is 0.673. The van der Waals surface area contributed by atoms with E-state index in [9.17, 15) is 9.59 Å². The third-order valence-electron chi connectivity index (χ3n) is 4.89. The monoisotopic (exact) mass is 380 g/mol. The molecule has 0 aromatic heterocycles. The van der Waals surface area contributed by atoms with Gasteiger partial charge in [0.1, 0.15) is 5.75 Å². The lowest BCUT2D eigenvalue weighted by Crippen LogP contribution is -2.27. The Morgan fingerprint density at radius 3 is 2.46 bits per heavy atom. The van der Waals surface area contributed by atoms with Crippen molar-refractivity contribution in [2.24, 2.45) is 0 Å². The summed E-state index contributed by atoms with van der Waals surface area (Å²) in [6.45, 7) is 4.47. The molecule has 3 rings (SSSR count). The number of rotatable bonds is 8. The smallest absolute Gasteiger partial charge is 0.255 e. The number of carbonyl (C=O) groups excluding carboxylic acids is 2. The van der Waals surface area contributed by atoms with Gasteiger partial charge < -0.3 is 15.0 Å². The first-order valence-electron chi connectivity index (χ1n) is 10.1. The minimum absolute atomic E-state index is 0.0261. The maximum Gasteiger partial charge on any atom is 0.255 e. The highest BCUT2D eigenvalue weighted by molar-refractivity contribution is 6.05. The fourth-order valence-corrected chi connectivity index (χ4v) is 3.28. The molecule has 1 aliphatic rings. The summed E-state index contributed by atoms with van der Waals surface area (Å²) in [7, 11) is 0. The van der Waals surface area contributed by atoms with E-state index in [0.29, 0.717) is 23.4 Å². The van der Waals surface area contributed by atoms with Crippen molar-refractivity contribution in [3.8, 4) is 5.75 Å². The maximum atomic E-state index is 12.5. The first kappa shape index (κ1) is 19.9. The van der Waals surface area contributed by atoms with Gasteiger partial charge in [-0.1, -0.05) is 25.8 Å². The van der Waals surface area contributed by atoms with Crippen molar-refractivity contribution in [3.05, 3.63) is 59.7 Å². The second kappa shape index (κ2) is 9.93. The molecule has 0 unspecified atom stereocenters. The number of nitrogens with zero attached hydrogens (tertiary/aromatic N) is 1. The van der Waals surface area contributed by atoms with Crippen molar-refractivity contribution in [1.29, 1.82) is 0 Å². The van der Waals surface area contributed by atoms with Gasteiger partial charge in [0.25, 0.3) is 11.8 Å². The van der Waals surface area contributed by atoms with Gasteiger partial charge >= 0.3 is 0 Å². The zero-order chi connectivity index (χ0) is 19.8. The summed E-state index contributed by atoms with van der Waals surface area (Å²) in [6.07, 6.45) is 5.46. The molecule has 1 saturated heterocycles. The van der Waals surface area contributed by atoms with Crippen LogP contribution in [0.2, 0.25) is 0 Å². The molecule has 2 amide bonds. The van der Waals surface area contributed by atoms with Crippen LogP contribution in [0, 0.1) is 0 Å². The SMILES string of the molecule is CCCCCOc1ccc(C(=O)Nc2cccc(C(=O)N3CCCC3)c2)cc1. The normalized spacial score (nSPS) is 13.4. The van der Waals surface area contributed by atoms with E-state index >= 15 is 0 Å². The van der Waals surface area contributed by atoms with E-state index in [-0.39, 0.29) is 11.8 Å². The number of hydrogen-bond donors (Lipinski definition) is 1.